The van der Waals surface area contributed by atoms with Crippen LogP contribution in [0.15, 0.2) is 12.1 Å². The molecule has 0 aliphatic heterocycles. The highest BCUT2D eigenvalue weighted by Crippen LogP contribution is 2.34. The highest BCUT2D eigenvalue weighted by molar-refractivity contribution is 5.69. The molecule has 1 aromatic carbocycles. The number of aliphatic hydroxyl groups excluding tert-OH is 1. The van der Waals surface area contributed by atoms with Crippen LogP contribution in [0.3, 0.4) is 0 Å². The smallest absolute Gasteiger partial charge is 0.306 e. The topological polar surface area (TPSA) is 66.8 Å². The predicted octanol–water partition coefficient (Wildman–Crippen LogP) is 3.25. The normalized spacial score (nSPS) is 11.5. The summed E-state index contributed by atoms with van der Waals surface area (Å²) in [4.78, 5) is 11.7. The zero-order valence-corrected chi connectivity index (χ0v) is 14.1. The molecule has 4 nitrogen and oxygen atoms in total. The van der Waals surface area contributed by atoms with Crippen LogP contribution in [0.25, 0.3) is 0 Å². The lowest BCUT2D eigenvalue weighted by Gasteiger charge is -2.22. The molecule has 0 radical (unpaired) electrons. The number of carbonyl (C=O) groups excluding carboxylic acids is 1. The number of aryl methyl sites for hydroxylation is 2. The molecule has 22 heavy (non-hydrogen) atoms. The summed E-state index contributed by atoms with van der Waals surface area (Å²) in [5.41, 5.74) is 2.63. The number of phenols is 1. The van der Waals surface area contributed by atoms with E-state index in [-0.39, 0.29) is 18.0 Å². The lowest BCUT2D eigenvalue weighted by atomic mass is 9.83. The number of benzene rings is 1. The minimum atomic E-state index is -0.221. The van der Waals surface area contributed by atoms with Gasteiger partial charge in [-0.3, -0.25) is 4.79 Å². The van der Waals surface area contributed by atoms with Gasteiger partial charge in [0.1, 0.15) is 5.75 Å². The zero-order chi connectivity index (χ0) is 16.8. The molecule has 0 heterocycles. The van der Waals surface area contributed by atoms with E-state index < -0.39 is 0 Å². The fourth-order valence-corrected chi connectivity index (χ4v) is 2.29. The molecule has 0 aromatic heterocycles. The maximum atomic E-state index is 11.7. The van der Waals surface area contributed by atoms with Crippen LogP contribution >= 0.6 is 0 Å². The number of unbranched alkanes of at least 4 members (excludes halogenated alkanes) is 1. The van der Waals surface area contributed by atoms with Crippen molar-refractivity contribution in [3.63, 3.8) is 0 Å². The molecular formula is C18H28O4. The van der Waals surface area contributed by atoms with Gasteiger partial charge in [-0.25, -0.2) is 0 Å². The number of hydrogen-bond donors (Lipinski definition) is 2. The van der Waals surface area contributed by atoms with Crippen LogP contribution < -0.4 is 0 Å². The highest BCUT2D eigenvalue weighted by atomic mass is 16.5. The number of hydrogen-bond acceptors (Lipinski definition) is 4. The van der Waals surface area contributed by atoms with Crippen molar-refractivity contribution in [1.29, 1.82) is 0 Å². The molecule has 0 atom stereocenters. The Bertz CT molecular complexity index is 501. The third kappa shape index (κ3) is 5.68. The second kappa shape index (κ2) is 8.18. The number of carbonyl (C=O) groups is 1. The van der Waals surface area contributed by atoms with Gasteiger partial charge in [0.15, 0.2) is 0 Å². The first-order valence-corrected chi connectivity index (χ1v) is 7.85. The number of phenolic OH excluding ortho intramolecular Hbond substituents is 1. The maximum absolute atomic E-state index is 11.7. The SMILES string of the molecule is Cc1cc(CCC(=O)OCCCCO)cc(C(C)(C)C)c1O. The Kier molecular flexibility index (Phi) is 6.88. The van der Waals surface area contributed by atoms with E-state index >= 15 is 0 Å². The Morgan fingerprint density at radius 2 is 1.91 bits per heavy atom. The van der Waals surface area contributed by atoms with Gasteiger partial charge in [0.25, 0.3) is 0 Å². The molecule has 0 amide bonds. The summed E-state index contributed by atoms with van der Waals surface area (Å²) in [7, 11) is 0. The van der Waals surface area contributed by atoms with E-state index in [0.29, 0.717) is 38.0 Å². The Morgan fingerprint density at radius 3 is 2.50 bits per heavy atom. The van der Waals surface area contributed by atoms with Crippen molar-refractivity contribution in [3.8, 4) is 5.75 Å². The molecule has 0 unspecified atom stereocenters. The van der Waals surface area contributed by atoms with Gasteiger partial charge in [-0.2, -0.15) is 0 Å². The Labute approximate surface area is 133 Å². The Morgan fingerprint density at radius 1 is 1.23 bits per heavy atom. The molecule has 124 valence electrons. The van der Waals surface area contributed by atoms with Crippen LogP contribution in [0.4, 0.5) is 0 Å². The second-order valence-corrected chi connectivity index (χ2v) is 6.71. The summed E-state index contributed by atoms with van der Waals surface area (Å²) in [6.07, 6.45) is 2.27. The molecule has 0 bridgehead atoms. The first kappa shape index (κ1) is 18.5. The van der Waals surface area contributed by atoms with E-state index in [1.54, 1.807) is 0 Å². The molecule has 0 spiro atoms. The van der Waals surface area contributed by atoms with Crippen molar-refractivity contribution in [2.75, 3.05) is 13.2 Å². The van der Waals surface area contributed by atoms with Gasteiger partial charge in [-0.05, 0) is 48.3 Å². The standard InChI is InChI=1S/C18H28O4/c1-13-11-14(12-15(17(13)21)18(2,3)4)7-8-16(20)22-10-6-5-9-19/h11-12,19,21H,5-10H2,1-4H3. The zero-order valence-electron chi connectivity index (χ0n) is 14.1. The molecule has 0 saturated carbocycles. The summed E-state index contributed by atoms with van der Waals surface area (Å²) in [6.45, 7) is 8.53. The van der Waals surface area contributed by atoms with Crippen LogP contribution in [-0.2, 0) is 21.4 Å². The van der Waals surface area contributed by atoms with Gasteiger partial charge in [0.05, 0.1) is 6.61 Å². The predicted molar refractivity (Wildman–Crippen MR) is 87.1 cm³/mol. The van der Waals surface area contributed by atoms with Gasteiger partial charge in [-0.1, -0.05) is 32.9 Å². The first-order chi connectivity index (χ1) is 10.3. The van der Waals surface area contributed by atoms with Crippen LogP contribution in [-0.4, -0.2) is 29.4 Å². The minimum Gasteiger partial charge on any atom is -0.507 e. The van der Waals surface area contributed by atoms with Crippen molar-refractivity contribution < 1.29 is 19.7 Å². The van der Waals surface area contributed by atoms with E-state index in [2.05, 4.69) is 20.8 Å². The molecule has 1 rings (SSSR count). The van der Waals surface area contributed by atoms with E-state index in [1.165, 1.54) is 0 Å². The minimum absolute atomic E-state index is 0.125. The van der Waals surface area contributed by atoms with Gasteiger partial charge >= 0.3 is 5.97 Å². The molecule has 0 aliphatic rings. The Hall–Kier alpha value is -1.55. The summed E-state index contributed by atoms with van der Waals surface area (Å²) in [6, 6.07) is 3.89. The lowest BCUT2D eigenvalue weighted by molar-refractivity contribution is -0.143. The van der Waals surface area contributed by atoms with Crippen molar-refractivity contribution >= 4 is 5.97 Å². The van der Waals surface area contributed by atoms with Crippen LogP contribution in [0, 0.1) is 6.92 Å². The van der Waals surface area contributed by atoms with Crippen LogP contribution in [0.5, 0.6) is 5.75 Å². The number of rotatable bonds is 7. The average Bonchev–Trinajstić information content (AvgIpc) is 2.43. The van der Waals surface area contributed by atoms with Gasteiger partial charge in [0, 0.05) is 13.0 Å². The quantitative estimate of drug-likeness (QED) is 0.599. The molecule has 1 aromatic rings. The molecule has 0 fully saturated rings. The van der Waals surface area contributed by atoms with E-state index in [1.807, 2.05) is 19.1 Å². The first-order valence-electron chi connectivity index (χ1n) is 7.85. The third-order valence-corrected chi connectivity index (χ3v) is 3.60. The monoisotopic (exact) mass is 308 g/mol. The molecule has 4 heteroatoms. The van der Waals surface area contributed by atoms with Crippen molar-refractivity contribution in [2.24, 2.45) is 0 Å². The highest BCUT2D eigenvalue weighted by Gasteiger charge is 2.20. The number of aliphatic hydroxyl groups is 1. The average molecular weight is 308 g/mol. The molecule has 2 N–H and O–H groups in total. The van der Waals surface area contributed by atoms with Gasteiger partial charge in [-0.15, -0.1) is 0 Å². The summed E-state index contributed by atoms with van der Waals surface area (Å²) in [5, 5.41) is 18.9. The Balaban J connectivity index is 2.63. The molecular weight excluding hydrogens is 280 g/mol. The summed E-state index contributed by atoms with van der Waals surface area (Å²) < 4.78 is 5.12. The van der Waals surface area contributed by atoms with E-state index in [0.717, 1.165) is 16.7 Å². The number of esters is 1. The van der Waals surface area contributed by atoms with E-state index in [9.17, 15) is 9.90 Å². The third-order valence-electron chi connectivity index (χ3n) is 3.60. The van der Waals surface area contributed by atoms with Crippen molar-refractivity contribution in [3.05, 3.63) is 28.8 Å². The van der Waals surface area contributed by atoms with Gasteiger partial charge in [0.2, 0.25) is 0 Å². The number of aromatic hydroxyl groups is 1. The number of ether oxygens (including phenoxy) is 1. The van der Waals surface area contributed by atoms with E-state index in [4.69, 9.17) is 9.84 Å². The summed E-state index contributed by atoms with van der Waals surface area (Å²) >= 11 is 0. The fraction of sp³-hybridized carbons (Fsp3) is 0.611. The molecule has 0 aliphatic carbocycles. The van der Waals surface area contributed by atoms with Crippen molar-refractivity contribution in [1.82, 2.24) is 0 Å². The summed E-state index contributed by atoms with van der Waals surface area (Å²) in [5.74, 6) is 0.115. The maximum Gasteiger partial charge on any atom is 0.306 e. The lowest BCUT2D eigenvalue weighted by Crippen LogP contribution is -2.13. The molecule has 0 saturated heterocycles. The van der Waals surface area contributed by atoms with Crippen molar-refractivity contribution in [2.45, 2.75) is 58.8 Å². The van der Waals surface area contributed by atoms with Crippen LogP contribution in [0.1, 0.15) is 56.7 Å². The van der Waals surface area contributed by atoms with Gasteiger partial charge < -0.3 is 14.9 Å². The largest absolute Gasteiger partial charge is 0.507 e. The second-order valence-electron chi connectivity index (χ2n) is 6.71. The van der Waals surface area contributed by atoms with Crippen LogP contribution in [0.2, 0.25) is 0 Å². The fourth-order valence-electron chi connectivity index (χ4n) is 2.29.